The Bertz CT molecular complexity index is 202. The van der Waals surface area contributed by atoms with Crippen LogP contribution in [0.3, 0.4) is 0 Å². The zero-order valence-corrected chi connectivity index (χ0v) is 7.61. The minimum atomic E-state index is 0.169. The predicted octanol–water partition coefficient (Wildman–Crippen LogP) is 2.07. The second kappa shape index (κ2) is 4.91. The first-order valence-electron chi connectivity index (χ1n) is 3.45. The van der Waals surface area contributed by atoms with Gasteiger partial charge in [-0.25, -0.2) is 0 Å². The van der Waals surface area contributed by atoms with Gasteiger partial charge < -0.3 is 10.8 Å². The Labute approximate surface area is 72.4 Å². The van der Waals surface area contributed by atoms with Crippen molar-refractivity contribution in [2.45, 2.75) is 20.3 Å². The fourth-order valence-electron chi connectivity index (χ4n) is 0.617. The molecular formula is C8H13NOS. The van der Waals surface area contributed by atoms with Gasteiger partial charge in [0.25, 0.3) is 0 Å². The summed E-state index contributed by atoms with van der Waals surface area (Å²) in [4.78, 5) is 0.231. The Hall–Kier alpha value is -0.830. The van der Waals surface area contributed by atoms with Crippen molar-refractivity contribution < 1.29 is 5.11 Å². The van der Waals surface area contributed by atoms with Gasteiger partial charge in [0.15, 0.2) is 0 Å². The standard InChI is InChI=1S/C8H13NOS/c1-3-4-5-7(6(2)10)8(9)11/h4-5,10H,3H2,1-2H3,(H2,9,11)/b5-4-,7-6-. The highest BCUT2D eigenvalue weighted by molar-refractivity contribution is 7.80. The van der Waals surface area contributed by atoms with Crippen LogP contribution in [0.2, 0.25) is 0 Å². The van der Waals surface area contributed by atoms with Crippen molar-refractivity contribution in [3.05, 3.63) is 23.5 Å². The number of thiocarbonyl (C=S) groups is 1. The summed E-state index contributed by atoms with van der Waals surface area (Å²) in [7, 11) is 0. The van der Waals surface area contributed by atoms with E-state index in [1.165, 1.54) is 0 Å². The van der Waals surface area contributed by atoms with Crippen LogP contribution in [0.1, 0.15) is 20.3 Å². The molecule has 0 fully saturated rings. The average Bonchev–Trinajstić information content (AvgIpc) is 1.87. The van der Waals surface area contributed by atoms with E-state index < -0.39 is 0 Å². The summed E-state index contributed by atoms with van der Waals surface area (Å²) in [6.45, 7) is 3.56. The summed E-state index contributed by atoms with van der Waals surface area (Å²) < 4.78 is 0. The molecule has 0 bridgehead atoms. The molecule has 0 atom stereocenters. The molecule has 0 rings (SSSR count). The summed E-state index contributed by atoms with van der Waals surface area (Å²) >= 11 is 4.72. The van der Waals surface area contributed by atoms with Crippen LogP contribution >= 0.6 is 12.2 Å². The van der Waals surface area contributed by atoms with Crippen LogP contribution in [0.15, 0.2) is 23.5 Å². The SMILES string of the molecule is CC/C=C\C(C(N)=S)=C(/C)O. The minimum absolute atomic E-state index is 0.169. The van der Waals surface area contributed by atoms with Crippen LogP contribution in [0.4, 0.5) is 0 Å². The van der Waals surface area contributed by atoms with Crippen molar-refractivity contribution in [1.82, 2.24) is 0 Å². The van der Waals surface area contributed by atoms with E-state index in [0.29, 0.717) is 5.57 Å². The van der Waals surface area contributed by atoms with Gasteiger partial charge in [-0.05, 0) is 13.3 Å². The van der Waals surface area contributed by atoms with E-state index in [1.54, 1.807) is 13.0 Å². The van der Waals surface area contributed by atoms with E-state index >= 15 is 0 Å². The molecule has 3 N–H and O–H groups in total. The monoisotopic (exact) mass is 171 g/mol. The molecule has 0 amide bonds. The molecule has 2 nitrogen and oxygen atoms in total. The van der Waals surface area contributed by atoms with Crippen molar-refractivity contribution >= 4 is 17.2 Å². The van der Waals surface area contributed by atoms with Gasteiger partial charge >= 0.3 is 0 Å². The quantitative estimate of drug-likeness (QED) is 0.296. The van der Waals surface area contributed by atoms with Crippen LogP contribution in [0.25, 0.3) is 0 Å². The number of aliphatic hydroxyl groups excluding tert-OH is 1. The third kappa shape index (κ3) is 3.78. The largest absolute Gasteiger partial charge is 0.512 e. The van der Waals surface area contributed by atoms with E-state index in [1.807, 2.05) is 13.0 Å². The molecule has 3 heteroatoms. The Kier molecular flexibility index (Phi) is 4.54. The Morgan fingerprint density at radius 2 is 2.18 bits per heavy atom. The molecule has 0 aromatic carbocycles. The highest BCUT2D eigenvalue weighted by atomic mass is 32.1. The van der Waals surface area contributed by atoms with E-state index in [2.05, 4.69) is 0 Å². The molecule has 0 unspecified atom stereocenters. The number of aliphatic hydroxyl groups is 1. The van der Waals surface area contributed by atoms with Crippen molar-refractivity contribution in [2.24, 2.45) is 5.73 Å². The van der Waals surface area contributed by atoms with Crippen LogP contribution in [0, 0.1) is 0 Å². The molecule has 11 heavy (non-hydrogen) atoms. The molecule has 0 aromatic heterocycles. The van der Waals surface area contributed by atoms with Gasteiger partial charge in [0.05, 0.1) is 5.76 Å². The third-order valence-electron chi connectivity index (χ3n) is 1.18. The molecule has 0 aliphatic heterocycles. The van der Waals surface area contributed by atoms with E-state index in [0.717, 1.165) is 6.42 Å². The number of rotatable bonds is 3. The molecule has 0 saturated carbocycles. The first-order valence-corrected chi connectivity index (χ1v) is 3.86. The van der Waals surface area contributed by atoms with Crippen molar-refractivity contribution in [3.63, 3.8) is 0 Å². The number of hydrogen-bond acceptors (Lipinski definition) is 2. The lowest BCUT2D eigenvalue weighted by atomic mass is 10.2. The van der Waals surface area contributed by atoms with Crippen LogP contribution < -0.4 is 5.73 Å². The smallest absolute Gasteiger partial charge is 0.107 e. The lowest BCUT2D eigenvalue weighted by Crippen LogP contribution is -2.11. The maximum Gasteiger partial charge on any atom is 0.107 e. The van der Waals surface area contributed by atoms with Gasteiger partial charge in [0, 0.05) is 5.57 Å². The highest BCUT2D eigenvalue weighted by Gasteiger charge is 1.99. The number of nitrogens with two attached hydrogens (primary N) is 1. The van der Waals surface area contributed by atoms with Gasteiger partial charge in [0.1, 0.15) is 4.99 Å². The molecule has 62 valence electrons. The summed E-state index contributed by atoms with van der Waals surface area (Å²) in [6, 6.07) is 0. The van der Waals surface area contributed by atoms with E-state index in [4.69, 9.17) is 23.1 Å². The van der Waals surface area contributed by atoms with Crippen molar-refractivity contribution in [2.75, 3.05) is 0 Å². The zero-order valence-electron chi connectivity index (χ0n) is 6.79. The second-order valence-corrected chi connectivity index (χ2v) is 2.61. The maximum atomic E-state index is 9.07. The summed E-state index contributed by atoms with van der Waals surface area (Å²) in [6.07, 6.45) is 4.53. The number of hydrogen-bond donors (Lipinski definition) is 2. The Morgan fingerprint density at radius 1 is 1.64 bits per heavy atom. The van der Waals surface area contributed by atoms with Gasteiger partial charge in [-0.3, -0.25) is 0 Å². The van der Waals surface area contributed by atoms with Gasteiger partial charge in [0.2, 0.25) is 0 Å². The normalized spacial score (nSPS) is 13.3. The number of allylic oxidation sites excluding steroid dienone is 2. The van der Waals surface area contributed by atoms with Crippen LogP contribution in [-0.2, 0) is 0 Å². The first kappa shape index (κ1) is 10.2. The third-order valence-corrected chi connectivity index (χ3v) is 1.40. The molecular weight excluding hydrogens is 158 g/mol. The van der Waals surface area contributed by atoms with Gasteiger partial charge in [-0.2, -0.15) is 0 Å². The van der Waals surface area contributed by atoms with Crippen LogP contribution in [0.5, 0.6) is 0 Å². The van der Waals surface area contributed by atoms with Crippen molar-refractivity contribution in [1.29, 1.82) is 0 Å². The molecule has 0 aliphatic rings. The highest BCUT2D eigenvalue weighted by Crippen LogP contribution is 2.03. The minimum Gasteiger partial charge on any atom is -0.512 e. The topological polar surface area (TPSA) is 46.2 Å². The molecule has 0 saturated heterocycles. The molecule has 0 aliphatic carbocycles. The lowest BCUT2D eigenvalue weighted by molar-refractivity contribution is 0.412. The fraction of sp³-hybridized carbons (Fsp3) is 0.375. The molecule has 0 spiro atoms. The Balaban J connectivity index is 4.51. The van der Waals surface area contributed by atoms with E-state index in [9.17, 15) is 0 Å². The Morgan fingerprint density at radius 3 is 2.45 bits per heavy atom. The average molecular weight is 171 g/mol. The zero-order chi connectivity index (χ0) is 8.85. The predicted molar refractivity (Wildman–Crippen MR) is 51.5 cm³/mol. The lowest BCUT2D eigenvalue weighted by Gasteiger charge is -1.99. The van der Waals surface area contributed by atoms with Crippen molar-refractivity contribution in [3.8, 4) is 0 Å². The second-order valence-electron chi connectivity index (χ2n) is 2.17. The maximum absolute atomic E-state index is 9.07. The molecule has 0 heterocycles. The summed E-state index contributed by atoms with van der Waals surface area (Å²) in [5, 5.41) is 9.07. The van der Waals surface area contributed by atoms with E-state index in [-0.39, 0.29) is 10.7 Å². The van der Waals surface area contributed by atoms with Crippen LogP contribution in [-0.4, -0.2) is 10.1 Å². The fourth-order valence-corrected chi connectivity index (χ4v) is 0.832. The molecule has 0 aromatic rings. The van der Waals surface area contributed by atoms with Gasteiger partial charge in [-0.1, -0.05) is 31.3 Å². The summed E-state index contributed by atoms with van der Waals surface area (Å²) in [5.74, 6) is 0.169. The summed E-state index contributed by atoms with van der Waals surface area (Å²) in [5.41, 5.74) is 5.88. The first-order chi connectivity index (χ1) is 5.09. The van der Waals surface area contributed by atoms with Gasteiger partial charge in [-0.15, -0.1) is 0 Å². The molecule has 0 radical (unpaired) electrons.